The topological polar surface area (TPSA) is 67.4 Å². The summed E-state index contributed by atoms with van der Waals surface area (Å²) in [6.07, 6.45) is 4.43. The summed E-state index contributed by atoms with van der Waals surface area (Å²) in [7, 11) is 2.19. The van der Waals surface area contributed by atoms with E-state index in [4.69, 9.17) is 5.73 Å². The zero-order valence-electron chi connectivity index (χ0n) is 18.0. The number of piperidine rings is 1. The van der Waals surface area contributed by atoms with Gasteiger partial charge in [-0.15, -0.1) is 0 Å². The van der Waals surface area contributed by atoms with Crippen molar-refractivity contribution in [2.24, 2.45) is 0 Å². The predicted molar refractivity (Wildman–Crippen MR) is 122 cm³/mol. The number of benzene rings is 2. The molecule has 2 aliphatic rings. The summed E-state index contributed by atoms with van der Waals surface area (Å²) < 4.78 is 1.74. The average molecular weight is 416 g/mol. The van der Waals surface area contributed by atoms with E-state index in [9.17, 15) is 4.79 Å². The number of likely N-dealkylation sites (tertiary alicyclic amines) is 1. The number of fused-ring (bicyclic) bond motifs is 1. The third kappa shape index (κ3) is 4.08. The fraction of sp³-hybridized carbons (Fsp3) is 0.360. The van der Waals surface area contributed by atoms with Crippen LogP contribution < -0.4 is 5.73 Å². The Bertz CT molecular complexity index is 1080. The summed E-state index contributed by atoms with van der Waals surface area (Å²) >= 11 is 0. The largest absolute Gasteiger partial charge is 0.396 e. The molecule has 2 N–H and O–H groups in total. The minimum absolute atomic E-state index is 0.0713. The third-order valence-corrected chi connectivity index (χ3v) is 6.66. The van der Waals surface area contributed by atoms with Crippen LogP contribution in [0.1, 0.15) is 41.1 Å². The number of hydrogen-bond acceptors (Lipinski definition) is 4. The molecule has 6 nitrogen and oxygen atoms in total. The molecule has 2 aromatic carbocycles. The number of aromatic nitrogens is 2. The van der Waals surface area contributed by atoms with Gasteiger partial charge in [0, 0.05) is 13.1 Å². The molecule has 1 fully saturated rings. The Labute approximate surface area is 183 Å². The van der Waals surface area contributed by atoms with Crippen LogP contribution in [0.25, 0.3) is 5.69 Å². The molecule has 3 aromatic rings. The Morgan fingerprint density at radius 3 is 2.58 bits per heavy atom. The first-order valence-electron chi connectivity index (χ1n) is 11.0. The van der Waals surface area contributed by atoms with Crippen LogP contribution in [-0.4, -0.2) is 45.6 Å². The molecule has 0 bridgehead atoms. The van der Waals surface area contributed by atoms with E-state index in [1.807, 2.05) is 35.2 Å². The van der Waals surface area contributed by atoms with Gasteiger partial charge in [0.05, 0.1) is 29.7 Å². The van der Waals surface area contributed by atoms with Gasteiger partial charge in [-0.3, -0.25) is 4.79 Å². The highest BCUT2D eigenvalue weighted by atomic mass is 16.2. The third-order valence-electron chi connectivity index (χ3n) is 6.66. The van der Waals surface area contributed by atoms with E-state index in [1.165, 1.54) is 29.5 Å². The standard InChI is InChI=1S/C25H29N5O/c1-28-11-9-18(10-12-28)19-7-8-20-15-29(16-21(20)13-19)25(31)14-24-23(26)17-30(27-24)22-5-3-2-4-6-22/h2-8,13,17-18H,9-12,14-16,26H2,1H3. The van der Waals surface area contributed by atoms with Gasteiger partial charge in [0.2, 0.25) is 5.91 Å². The van der Waals surface area contributed by atoms with E-state index >= 15 is 0 Å². The molecule has 0 spiro atoms. The van der Waals surface area contributed by atoms with Crippen LogP contribution in [0.5, 0.6) is 0 Å². The van der Waals surface area contributed by atoms with E-state index in [-0.39, 0.29) is 12.3 Å². The zero-order valence-corrected chi connectivity index (χ0v) is 18.0. The molecule has 1 saturated heterocycles. The summed E-state index contributed by atoms with van der Waals surface area (Å²) in [5, 5.41) is 4.56. The van der Waals surface area contributed by atoms with Crippen molar-refractivity contribution < 1.29 is 4.79 Å². The molecule has 1 amide bonds. The van der Waals surface area contributed by atoms with Crippen molar-refractivity contribution in [1.82, 2.24) is 19.6 Å². The number of nitrogens with two attached hydrogens (primary N) is 1. The highest BCUT2D eigenvalue weighted by Crippen LogP contribution is 2.32. The lowest BCUT2D eigenvalue weighted by Crippen LogP contribution is -2.29. The maximum absolute atomic E-state index is 13.0. The van der Waals surface area contributed by atoms with Crippen LogP contribution in [0, 0.1) is 0 Å². The van der Waals surface area contributed by atoms with Crippen molar-refractivity contribution >= 4 is 11.6 Å². The maximum Gasteiger partial charge on any atom is 0.229 e. The summed E-state index contributed by atoms with van der Waals surface area (Å²) in [5.41, 5.74) is 12.3. The number of anilines is 1. The molecule has 0 unspecified atom stereocenters. The smallest absolute Gasteiger partial charge is 0.229 e. The van der Waals surface area contributed by atoms with Crippen molar-refractivity contribution in [2.45, 2.75) is 38.3 Å². The fourth-order valence-corrected chi connectivity index (χ4v) is 4.72. The van der Waals surface area contributed by atoms with Gasteiger partial charge in [0.15, 0.2) is 0 Å². The van der Waals surface area contributed by atoms with Crippen LogP contribution in [0.4, 0.5) is 5.69 Å². The molecule has 5 rings (SSSR count). The van der Waals surface area contributed by atoms with Gasteiger partial charge in [-0.05, 0) is 67.7 Å². The van der Waals surface area contributed by atoms with Crippen LogP contribution in [-0.2, 0) is 24.3 Å². The van der Waals surface area contributed by atoms with Crippen LogP contribution >= 0.6 is 0 Å². The van der Waals surface area contributed by atoms with Gasteiger partial charge in [-0.25, -0.2) is 4.68 Å². The molecule has 0 saturated carbocycles. The van der Waals surface area contributed by atoms with E-state index in [0.717, 1.165) is 18.8 Å². The number of hydrogen-bond donors (Lipinski definition) is 1. The Morgan fingerprint density at radius 2 is 1.81 bits per heavy atom. The number of amides is 1. The molecule has 2 aliphatic heterocycles. The molecule has 0 radical (unpaired) electrons. The lowest BCUT2D eigenvalue weighted by Gasteiger charge is -2.29. The van der Waals surface area contributed by atoms with Gasteiger partial charge < -0.3 is 15.5 Å². The molecule has 0 atom stereocenters. The first-order valence-corrected chi connectivity index (χ1v) is 11.0. The van der Waals surface area contributed by atoms with Crippen molar-refractivity contribution in [2.75, 3.05) is 25.9 Å². The number of rotatable bonds is 4. The van der Waals surface area contributed by atoms with Gasteiger partial charge >= 0.3 is 0 Å². The lowest BCUT2D eigenvalue weighted by molar-refractivity contribution is -0.131. The maximum atomic E-state index is 13.0. The predicted octanol–water partition coefficient (Wildman–Crippen LogP) is 3.35. The number of carbonyl (C=O) groups excluding carboxylic acids is 1. The molecular weight excluding hydrogens is 386 g/mol. The summed E-state index contributed by atoms with van der Waals surface area (Å²) in [6, 6.07) is 16.6. The highest BCUT2D eigenvalue weighted by Gasteiger charge is 2.26. The van der Waals surface area contributed by atoms with Crippen molar-refractivity contribution in [3.63, 3.8) is 0 Å². The molecule has 3 heterocycles. The van der Waals surface area contributed by atoms with Crippen molar-refractivity contribution in [1.29, 1.82) is 0 Å². The molecule has 6 heteroatoms. The quantitative estimate of drug-likeness (QED) is 0.710. The van der Waals surface area contributed by atoms with Gasteiger partial charge in [-0.1, -0.05) is 36.4 Å². The lowest BCUT2D eigenvalue weighted by atomic mass is 9.88. The van der Waals surface area contributed by atoms with E-state index in [0.29, 0.717) is 30.4 Å². The van der Waals surface area contributed by atoms with Gasteiger partial charge in [0.1, 0.15) is 0 Å². The van der Waals surface area contributed by atoms with E-state index in [1.54, 1.807) is 10.9 Å². The zero-order chi connectivity index (χ0) is 21.4. The fourth-order valence-electron chi connectivity index (χ4n) is 4.72. The minimum Gasteiger partial charge on any atom is -0.396 e. The minimum atomic E-state index is 0.0713. The number of carbonyl (C=O) groups is 1. The Hall–Kier alpha value is -3.12. The molecule has 31 heavy (non-hydrogen) atoms. The second-order valence-corrected chi connectivity index (χ2v) is 8.84. The first-order chi connectivity index (χ1) is 15.1. The number of para-hydroxylation sites is 1. The van der Waals surface area contributed by atoms with E-state index < -0.39 is 0 Å². The second kappa shape index (κ2) is 8.19. The van der Waals surface area contributed by atoms with Gasteiger partial charge in [0.25, 0.3) is 0 Å². The van der Waals surface area contributed by atoms with Crippen LogP contribution in [0.3, 0.4) is 0 Å². The monoisotopic (exact) mass is 415 g/mol. The number of nitrogen functional groups attached to an aromatic ring is 1. The summed E-state index contributed by atoms with van der Waals surface area (Å²) in [5.74, 6) is 0.704. The van der Waals surface area contributed by atoms with E-state index in [2.05, 4.69) is 35.2 Å². The van der Waals surface area contributed by atoms with Crippen LogP contribution in [0.15, 0.2) is 54.7 Å². The molecular formula is C25H29N5O. The Balaban J connectivity index is 1.26. The number of nitrogens with zero attached hydrogens (tertiary/aromatic N) is 4. The first kappa shape index (κ1) is 19.8. The average Bonchev–Trinajstić information content (AvgIpc) is 3.38. The molecule has 160 valence electrons. The van der Waals surface area contributed by atoms with Gasteiger partial charge in [-0.2, -0.15) is 5.10 Å². The normalized spacial score (nSPS) is 17.1. The van der Waals surface area contributed by atoms with Crippen LogP contribution in [0.2, 0.25) is 0 Å². The summed E-state index contributed by atoms with van der Waals surface area (Å²) in [4.78, 5) is 17.3. The molecule has 1 aromatic heterocycles. The highest BCUT2D eigenvalue weighted by molar-refractivity contribution is 5.80. The molecule has 0 aliphatic carbocycles. The second-order valence-electron chi connectivity index (χ2n) is 8.84. The summed E-state index contributed by atoms with van der Waals surface area (Å²) in [6.45, 7) is 3.65. The Kier molecular flexibility index (Phi) is 5.24. The van der Waals surface area contributed by atoms with Crippen molar-refractivity contribution in [3.8, 4) is 5.69 Å². The van der Waals surface area contributed by atoms with Crippen molar-refractivity contribution in [3.05, 3.63) is 77.1 Å². The Morgan fingerprint density at radius 1 is 1.06 bits per heavy atom. The SMILES string of the molecule is CN1CCC(c2ccc3c(c2)CN(C(=O)Cc2nn(-c4ccccc4)cc2N)C3)CC1.